The Labute approximate surface area is 125 Å². The highest BCUT2D eigenvalue weighted by Gasteiger charge is 2.33. The molecule has 0 amide bonds. The van der Waals surface area contributed by atoms with Gasteiger partial charge in [-0.05, 0) is 44.0 Å². The standard InChI is InChI=1S/C16H25BrN2/c1-16(12-18,10-13-4-3-5-13)19(2)11-14-6-8-15(17)9-7-14/h6-9,13H,3-5,10-12,18H2,1-2H3. The highest BCUT2D eigenvalue weighted by Crippen LogP contribution is 2.35. The Morgan fingerprint density at radius 2 is 1.95 bits per heavy atom. The number of nitrogens with two attached hydrogens (primary N) is 1. The Morgan fingerprint density at radius 3 is 2.42 bits per heavy atom. The molecule has 1 unspecified atom stereocenters. The maximum Gasteiger partial charge on any atom is 0.0306 e. The van der Waals surface area contributed by atoms with Crippen molar-refractivity contribution in [3.63, 3.8) is 0 Å². The van der Waals surface area contributed by atoms with Gasteiger partial charge in [-0.1, -0.05) is 47.3 Å². The Balaban J connectivity index is 1.98. The van der Waals surface area contributed by atoms with E-state index in [9.17, 15) is 0 Å². The van der Waals surface area contributed by atoms with E-state index in [0.717, 1.165) is 23.5 Å². The van der Waals surface area contributed by atoms with E-state index in [2.05, 4.69) is 59.1 Å². The SMILES string of the molecule is CN(Cc1ccc(Br)cc1)C(C)(CN)CC1CCC1. The molecule has 0 bridgehead atoms. The van der Waals surface area contributed by atoms with Gasteiger partial charge in [0.05, 0.1) is 0 Å². The quantitative estimate of drug-likeness (QED) is 0.862. The Kier molecular flexibility index (Phi) is 5.04. The van der Waals surface area contributed by atoms with Crippen molar-refractivity contribution in [2.75, 3.05) is 13.6 Å². The summed E-state index contributed by atoms with van der Waals surface area (Å²) in [5.41, 5.74) is 7.53. The summed E-state index contributed by atoms with van der Waals surface area (Å²) in [5, 5.41) is 0. The van der Waals surface area contributed by atoms with E-state index in [0.29, 0.717) is 0 Å². The average Bonchev–Trinajstić information content (AvgIpc) is 2.36. The summed E-state index contributed by atoms with van der Waals surface area (Å²) in [5.74, 6) is 0.890. The van der Waals surface area contributed by atoms with Crippen LogP contribution < -0.4 is 5.73 Å². The van der Waals surface area contributed by atoms with Gasteiger partial charge in [0.2, 0.25) is 0 Å². The maximum atomic E-state index is 6.06. The molecule has 0 heterocycles. The number of likely N-dealkylation sites (N-methyl/N-ethyl adjacent to an activating group) is 1. The monoisotopic (exact) mass is 324 g/mol. The second kappa shape index (κ2) is 6.38. The number of hydrogen-bond donors (Lipinski definition) is 1. The van der Waals surface area contributed by atoms with Crippen LogP contribution in [0.5, 0.6) is 0 Å². The van der Waals surface area contributed by atoms with Gasteiger partial charge in [-0.2, -0.15) is 0 Å². The molecule has 1 aromatic rings. The minimum Gasteiger partial charge on any atom is -0.329 e. The summed E-state index contributed by atoms with van der Waals surface area (Å²) in [6, 6.07) is 8.57. The molecule has 1 aliphatic carbocycles. The van der Waals surface area contributed by atoms with Gasteiger partial charge in [0.25, 0.3) is 0 Å². The van der Waals surface area contributed by atoms with Crippen LogP contribution in [0.4, 0.5) is 0 Å². The van der Waals surface area contributed by atoms with Crippen LogP contribution in [-0.2, 0) is 6.54 Å². The lowest BCUT2D eigenvalue weighted by atomic mass is 9.76. The van der Waals surface area contributed by atoms with E-state index < -0.39 is 0 Å². The first-order valence-corrected chi connectivity index (χ1v) is 7.98. The molecular weight excluding hydrogens is 300 g/mol. The maximum absolute atomic E-state index is 6.06. The average molecular weight is 325 g/mol. The lowest BCUT2D eigenvalue weighted by Crippen LogP contribution is -2.51. The van der Waals surface area contributed by atoms with E-state index in [1.54, 1.807) is 0 Å². The van der Waals surface area contributed by atoms with Crippen molar-refractivity contribution in [1.29, 1.82) is 0 Å². The minimum atomic E-state index is 0.123. The summed E-state index contributed by atoms with van der Waals surface area (Å²) in [6.45, 7) is 4.01. The van der Waals surface area contributed by atoms with Gasteiger partial charge in [0, 0.05) is 23.1 Å². The van der Waals surface area contributed by atoms with Crippen LogP contribution in [0.15, 0.2) is 28.7 Å². The smallest absolute Gasteiger partial charge is 0.0306 e. The predicted octanol–water partition coefficient (Wildman–Crippen LogP) is 3.79. The molecule has 1 atom stereocenters. The molecule has 106 valence electrons. The second-order valence-corrected chi connectivity index (χ2v) is 7.10. The summed E-state index contributed by atoms with van der Waals surface area (Å²) >= 11 is 3.48. The number of rotatable bonds is 6. The molecule has 3 heteroatoms. The lowest BCUT2D eigenvalue weighted by molar-refractivity contribution is 0.0857. The normalized spacial score (nSPS) is 19.2. The molecule has 1 fully saturated rings. The summed E-state index contributed by atoms with van der Waals surface area (Å²) in [6.07, 6.45) is 5.42. The molecule has 2 rings (SSSR count). The molecule has 1 aromatic carbocycles. The van der Waals surface area contributed by atoms with Crippen molar-refractivity contribution in [2.24, 2.45) is 11.7 Å². The molecule has 0 radical (unpaired) electrons. The van der Waals surface area contributed by atoms with E-state index in [4.69, 9.17) is 5.73 Å². The van der Waals surface area contributed by atoms with Crippen molar-refractivity contribution >= 4 is 15.9 Å². The molecule has 0 aromatic heterocycles. The number of benzene rings is 1. The molecular formula is C16H25BrN2. The van der Waals surface area contributed by atoms with E-state index in [1.807, 2.05) is 0 Å². The van der Waals surface area contributed by atoms with Crippen LogP contribution >= 0.6 is 15.9 Å². The van der Waals surface area contributed by atoms with Gasteiger partial charge < -0.3 is 5.73 Å². The van der Waals surface area contributed by atoms with Gasteiger partial charge in [-0.3, -0.25) is 4.90 Å². The second-order valence-electron chi connectivity index (χ2n) is 6.18. The largest absolute Gasteiger partial charge is 0.329 e. The number of halogens is 1. The third kappa shape index (κ3) is 3.80. The lowest BCUT2D eigenvalue weighted by Gasteiger charge is -2.42. The first-order valence-electron chi connectivity index (χ1n) is 7.19. The highest BCUT2D eigenvalue weighted by atomic mass is 79.9. The molecule has 0 saturated heterocycles. The van der Waals surface area contributed by atoms with Crippen molar-refractivity contribution in [3.8, 4) is 0 Å². The predicted molar refractivity (Wildman–Crippen MR) is 85.0 cm³/mol. The molecule has 19 heavy (non-hydrogen) atoms. The third-order valence-corrected chi connectivity index (χ3v) is 5.18. The van der Waals surface area contributed by atoms with E-state index in [1.165, 1.54) is 31.2 Å². The first kappa shape index (κ1) is 15.0. The zero-order valence-corrected chi connectivity index (χ0v) is 13.6. The zero-order chi connectivity index (χ0) is 13.9. The van der Waals surface area contributed by atoms with Crippen molar-refractivity contribution in [3.05, 3.63) is 34.3 Å². The van der Waals surface area contributed by atoms with Crippen molar-refractivity contribution in [1.82, 2.24) is 4.90 Å². The van der Waals surface area contributed by atoms with Gasteiger partial charge in [-0.25, -0.2) is 0 Å². The fourth-order valence-corrected chi connectivity index (χ4v) is 3.03. The first-order chi connectivity index (χ1) is 9.03. The Bertz CT molecular complexity index is 400. The summed E-state index contributed by atoms with van der Waals surface area (Å²) in [4.78, 5) is 2.43. The molecule has 1 aliphatic rings. The topological polar surface area (TPSA) is 29.3 Å². The van der Waals surface area contributed by atoms with E-state index in [-0.39, 0.29) is 5.54 Å². The van der Waals surface area contributed by atoms with Crippen molar-refractivity contribution in [2.45, 2.75) is 44.7 Å². The summed E-state index contributed by atoms with van der Waals surface area (Å²) in [7, 11) is 2.20. The number of nitrogens with zero attached hydrogens (tertiary/aromatic N) is 1. The Hall–Kier alpha value is -0.380. The molecule has 2 nitrogen and oxygen atoms in total. The molecule has 0 aliphatic heterocycles. The summed E-state index contributed by atoms with van der Waals surface area (Å²) < 4.78 is 1.13. The van der Waals surface area contributed by atoms with Gasteiger partial charge in [-0.15, -0.1) is 0 Å². The van der Waals surface area contributed by atoms with Gasteiger partial charge >= 0.3 is 0 Å². The number of hydrogen-bond acceptors (Lipinski definition) is 2. The van der Waals surface area contributed by atoms with Crippen LogP contribution in [0.2, 0.25) is 0 Å². The van der Waals surface area contributed by atoms with Gasteiger partial charge in [0.1, 0.15) is 0 Å². The van der Waals surface area contributed by atoms with Crippen LogP contribution in [0.3, 0.4) is 0 Å². The molecule has 1 saturated carbocycles. The van der Waals surface area contributed by atoms with Crippen LogP contribution in [0.1, 0.15) is 38.2 Å². The van der Waals surface area contributed by atoms with Crippen LogP contribution in [-0.4, -0.2) is 24.0 Å². The van der Waals surface area contributed by atoms with Crippen LogP contribution in [0, 0.1) is 5.92 Å². The van der Waals surface area contributed by atoms with Crippen LogP contribution in [0.25, 0.3) is 0 Å². The highest BCUT2D eigenvalue weighted by molar-refractivity contribution is 9.10. The fraction of sp³-hybridized carbons (Fsp3) is 0.625. The van der Waals surface area contributed by atoms with E-state index >= 15 is 0 Å². The molecule has 2 N–H and O–H groups in total. The minimum absolute atomic E-state index is 0.123. The Morgan fingerprint density at radius 1 is 1.32 bits per heavy atom. The zero-order valence-electron chi connectivity index (χ0n) is 12.0. The fourth-order valence-electron chi connectivity index (χ4n) is 2.77. The van der Waals surface area contributed by atoms with Crippen molar-refractivity contribution < 1.29 is 0 Å². The molecule has 0 spiro atoms. The van der Waals surface area contributed by atoms with Gasteiger partial charge in [0.15, 0.2) is 0 Å². The third-order valence-electron chi connectivity index (χ3n) is 4.65.